The molecule has 0 aliphatic rings. The van der Waals surface area contributed by atoms with E-state index in [1.165, 1.54) is 18.2 Å². The third-order valence-electron chi connectivity index (χ3n) is 2.79. The highest BCUT2D eigenvalue weighted by Crippen LogP contribution is 2.39. The van der Waals surface area contributed by atoms with Gasteiger partial charge < -0.3 is 4.74 Å². The molecule has 0 aliphatic carbocycles. The number of benzene rings is 1. The number of alkyl halides is 3. The summed E-state index contributed by atoms with van der Waals surface area (Å²) in [5, 5.41) is 0.586. The summed E-state index contributed by atoms with van der Waals surface area (Å²) >= 11 is 14.7. The van der Waals surface area contributed by atoms with Crippen LogP contribution in [-0.4, -0.2) is 16.2 Å². The predicted molar refractivity (Wildman–Crippen MR) is 82.0 cm³/mol. The first kappa shape index (κ1) is 17.6. The Bertz CT molecular complexity index is 689. The van der Waals surface area contributed by atoms with Crippen molar-refractivity contribution in [3.63, 3.8) is 0 Å². The highest BCUT2D eigenvalue weighted by atomic mass is 79.9. The molecule has 0 bridgehead atoms. The van der Waals surface area contributed by atoms with E-state index in [2.05, 4.69) is 20.9 Å². The zero-order chi connectivity index (χ0) is 16.5. The number of halogens is 6. The number of nitrogens with zero attached hydrogens (tertiary/aromatic N) is 2. The monoisotopic (exact) mass is 416 g/mol. The highest BCUT2D eigenvalue weighted by molar-refractivity contribution is 9.10. The third kappa shape index (κ3) is 3.59. The molecule has 1 aromatic heterocycles. The van der Waals surface area contributed by atoms with Crippen molar-refractivity contribution in [2.45, 2.75) is 19.8 Å². The highest BCUT2D eigenvalue weighted by Gasteiger charge is 2.39. The van der Waals surface area contributed by atoms with Gasteiger partial charge in [0.05, 0.1) is 5.02 Å². The molecular formula is C13H10BrCl2F3N2O. The van der Waals surface area contributed by atoms with Gasteiger partial charge >= 0.3 is 6.18 Å². The quantitative estimate of drug-likeness (QED) is 0.644. The zero-order valence-corrected chi connectivity index (χ0v) is 14.3. The second-order valence-electron chi connectivity index (χ2n) is 4.25. The van der Waals surface area contributed by atoms with Gasteiger partial charge in [0.2, 0.25) is 0 Å². The number of ether oxygens (including phenoxy) is 1. The minimum Gasteiger partial charge on any atom is -0.361 e. The van der Waals surface area contributed by atoms with Gasteiger partial charge in [0.25, 0.3) is 0 Å². The summed E-state index contributed by atoms with van der Waals surface area (Å²) in [7, 11) is 0. The Balaban J connectivity index is 2.65. The van der Waals surface area contributed by atoms with Crippen LogP contribution >= 0.6 is 39.1 Å². The maximum absolute atomic E-state index is 13.2. The van der Waals surface area contributed by atoms with E-state index in [1.807, 2.05) is 0 Å². The van der Waals surface area contributed by atoms with E-state index >= 15 is 0 Å². The Labute approximate surface area is 143 Å². The molecule has 0 fully saturated rings. The summed E-state index contributed by atoms with van der Waals surface area (Å²) in [6.07, 6.45) is -4.58. The van der Waals surface area contributed by atoms with Gasteiger partial charge in [-0.05, 0) is 41.1 Å². The molecule has 22 heavy (non-hydrogen) atoms. The SMILES string of the molecule is CCOCn1c(-c2ccc(Cl)cc2Cl)nc(Br)c1C(F)(F)F. The van der Waals surface area contributed by atoms with Crippen LogP contribution < -0.4 is 0 Å². The molecule has 0 atom stereocenters. The smallest absolute Gasteiger partial charge is 0.361 e. The van der Waals surface area contributed by atoms with E-state index in [0.717, 1.165) is 4.57 Å². The molecule has 0 N–H and O–H groups in total. The first-order valence-electron chi connectivity index (χ1n) is 6.12. The van der Waals surface area contributed by atoms with E-state index in [9.17, 15) is 13.2 Å². The summed E-state index contributed by atoms with van der Waals surface area (Å²) in [6.45, 7) is 1.66. The summed E-state index contributed by atoms with van der Waals surface area (Å²) in [5.74, 6) is 0.0503. The molecular weight excluding hydrogens is 408 g/mol. The average Bonchev–Trinajstić information content (AvgIpc) is 2.72. The lowest BCUT2D eigenvalue weighted by Gasteiger charge is -2.14. The molecule has 1 aromatic carbocycles. The van der Waals surface area contributed by atoms with Crippen LogP contribution in [0.1, 0.15) is 12.6 Å². The minimum absolute atomic E-state index is 0.0503. The maximum atomic E-state index is 13.2. The molecule has 0 saturated carbocycles. The topological polar surface area (TPSA) is 27.1 Å². The van der Waals surface area contributed by atoms with Crippen molar-refractivity contribution in [1.29, 1.82) is 0 Å². The van der Waals surface area contributed by atoms with Crippen molar-refractivity contribution in [3.8, 4) is 11.4 Å². The normalized spacial score (nSPS) is 12.0. The fraction of sp³-hybridized carbons (Fsp3) is 0.308. The second-order valence-corrected chi connectivity index (χ2v) is 5.84. The van der Waals surface area contributed by atoms with Crippen molar-refractivity contribution in [3.05, 3.63) is 38.5 Å². The van der Waals surface area contributed by atoms with Crippen LogP contribution in [-0.2, 0) is 17.6 Å². The van der Waals surface area contributed by atoms with Crippen molar-refractivity contribution >= 4 is 39.1 Å². The third-order valence-corrected chi connectivity index (χ3v) is 3.89. The van der Waals surface area contributed by atoms with Crippen LogP contribution in [0.4, 0.5) is 13.2 Å². The molecule has 0 unspecified atom stereocenters. The first-order chi connectivity index (χ1) is 10.3. The fourth-order valence-corrected chi connectivity index (χ4v) is 2.98. The fourth-order valence-electron chi connectivity index (χ4n) is 1.88. The predicted octanol–water partition coefficient (Wildman–Crippen LogP) is 5.63. The van der Waals surface area contributed by atoms with Crippen molar-refractivity contribution in [2.75, 3.05) is 6.61 Å². The molecule has 0 amide bonds. The number of aromatic nitrogens is 2. The second kappa shape index (κ2) is 6.78. The number of imidazole rings is 1. The molecule has 1 heterocycles. The molecule has 3 nitrogen and oxygen atoms in total. The molecule has 2 rings (SSSR count). The Morgan fingerprint density at radius 3 is 2.55 bits per heavy atom. The van der Waals surface area contributed by atoms with E-state index < -0.39 is 11.9 Å². The number of hydrogen-bond acceptors (Lipinski definition) is 2. The summed E-state index contributed by atoms with van der Waals surface area (Å²) in [6, 6.07) is 4.49. The van der Waals surface area contributed by atoms with Gasteiger partial charge in [0.15, 0.2) is 5.69 Å². The van der Waals surface area contributed by atoms with Gasteiger partial charge in [-0.2, -0.15) is 13.2 Å². The largest absolute Gasteiger partial charge is 0.434 e. The molecule has 0 radical (unpaired) electrons. The van der Waals surface area contributed by atoms with Crippen molar-refractivity contribution < 1.29 is 17.9 Å². The zero-order valence-electron chi connectivity index (χ0n) is 11.2. The van der Waals surface area contributed by atoms with Crippen molar-refractivity contribution in [2.24, 2.45) is 0 Å². The Hall–Kier alpha value is -0.760. The summed E-state index contributed by atoms with van der Waals surface area (Å²) in [4.78, 5) is 3.94. The van der Waals surface area contributed by atoms with Gasteiger partial charge in [0.1, 0.15) is 17.2 Å². The average molecular weight is 418 g/mol. The Kier molecular flexibility index (Phi) is 5.42. The number of rotatable bonds is 4. The first-order valence-corrected chi connectivity index (χ1v) is 7.67. The van der Waals surface area contributed by atoms with Crippen LogP contribution in [0.25, 0.3) is 11.4 Å². The van der Waals surface area contributed by atoms with E-state index in [0.29, 0.717) is 10.6 Å². The van der Waals surface area contributed by atoms with Crippen LogP contribution in [0.15, 0.2) is 22.8 Å². The van der Waals surface area contributed by atoms with Crippen LogP contribution in [0.2, 0.25) is 10.0 Å². The molecule has 0 spiro atoms. The molecule has 0 saturated heterocycles. The van der Waals surface area contributed by atoms with Gasteiger partial charge in [-0.15, -0.1) is 0 Å². The molecule has 120 valence electrons. The molecule has 2 aromatic rings. The lowest BCUT2D eigenvalue weighted by atomic mass is 10.2. The summed E-state index contributed by atoms with van der Waals surface area (Å²) < 4.78 is 45.4. The summed E-state index contributed by atoms with van der Waals surface area (Å²) in [5.41, 5.74) is -0.594. The van der Waals surface area contributed by atoms with E-state index in [4.69, 9.17) is 27.9 Å². The lowest BCUT2D eigenvalue weighted by Crippen LogP contribution is -2.16. The number of hydrogen-bond donors (Lipinski definition) is 0. The van der Waals surface area contributed by atoms with E-state index in [-0.39, 0.29) is 28.8 Å². The molecule has 9 heteroatoms. The van der Waals surface area contributed by atoms with Gasteiger partial charge in [-0.1, -0.05) is 23.2 Å². The van der Waals surface area contributed by atoms with Gasteiger partial charge in [-0.3, -0.25) is 4.57 Å². The van der Waals surface area contributed by atoms with Crippen LogP contribution in [0.3, 0.4) is 0 Å². The van der Waals surface area contributed by atoms with E-state index in [1.54, 1.807) is 6.92 Å². The Morgan fingerprint density at radius 1 is 1.32 bits per heavy atom. The minimum atomic E-state index is -4.58. The van der Waals surface area contributed by atoms with Crippen molar-refractivity contribution in [1.82, 2.24) is 9.55 Å². The van der Waals surface area contributed by atoms with Crippen LogP contribution in [0, 0.1) is 0 Å². The van der Waals surface area contributed by atoms with Crippen LogP contribution in [0.5, 0.6) is 0 Å². The molecule has 0 aliphatic heterocycles. The maximum Gasteiger partial charge on any atom is 0.434 e. The van der Waals surface area contributed by atoms with Gasteiger partial charge in [0, 0.05) is 17.2 Å². The lowest BCUT2D eigenvalue weighted by molar-refractivity contribution is -0.146. The van der Waals surface area contributed by atoms with Gasteiger partial charge in [-0.25, -0.2) is 4.98 Å². The Morgan fingerprint density at radius 2 is 2.00 bits per heavy atom. The standard InChI is InChI=1S/C13H10BrCl2F3N2O/c1-2-22-6-21-10(13(17,18)19)11(14)20-12(21)8-4-3-7(15)5-9(8)16/h3-5H,2,6H2,1H3.